The molecule has 1 aromatic carbocycles. The van der Waals surface area contributed by atoms with E-state index in [1.807, 2.05) is 0 Å². The lowest BCUT2D eigenvalue weighted by Crippen LogP contribution is -2.25. The maximum Gasteiger partial charge on any atom is 0.0431 e. The van der Waals surface area contributed by atoms with Crippen molar-refractivity contribution >= 4 is 21.6 Å². The molecule has 1 rings (SSSR count). The molecule has 0 saturated carbocycles. The monoisotopic (exact) mass is 299 g/mol. The zero-order valence-corrected chi connectivity index (χ0v) is 12.1. The third-order valence-corrected chi connectivity index (χ3v) is 3.28. The lowest BCUT2D eigenvalue weighted by molar-refractivity contribution is 0.285. The van der Waals surface area contributed by atoms with Crippen LogP contribution in [0.4, 0.5) is 5.69 Å². The van der Waals surface area contributed by atoms with Gasteiger partial charge in [-0.05, 0) is 37.5 Å². The van der Waals surface area contributed by atoms with Gasteiger partial charge in [-0.1, -0.05) is 35.3 Å². The van der Waals surface area contributed by atoms with E-state index in [1.54, 1.807) is 0 Å². The van der Waals surface area contributed by atoms with Gasteiger partial charge in [0, 0.05) is 29.9 Å². The average molecular weight is 300 g/mol. The van der Waals surface area contributed by atoms with Crippen molar-refractivity contribution < 1.29 is 5.11 Å². The molecule has 2 nitrogen and oxygen atoms in total. The number of aliphatic hydroxyl groups excluding tert-OH is 1. The molecular formula is C14H22BrNO. The summed E-state index contributed by atoms with van der Waals surface area (Å²) in [7, 11) is 0. The molecule has 0 fully saturated rings. The summed E-state index contributed by atoms with van der Waals surface area (Å²) in [5, 5.41) is 8.84. The van der Waals surface area contributed by atoms with Crippen LogP contribution in [0, 0.1) is 0 Å². The first-order valence-corrected chi connectivity index (χ1v) is 7.18. The molecule has 0 amide bonds. The van der Waals surface area contributed by atoms with E-state index in [0.717, 1.165) is 30.4 Å². The maximum absolute atomic E-state index is 8.84. The van der Waals surface area contributed by atoms with Gasteiger partial charge in [0.15, 0.2) is 0 Å². The number of nitrogens with zero attached hydrogens (tertiary/aromatic N) is 1. The number of anilines is 1. The zero-order chi connectivity index (χ0) is 12.5. The number of hydrogen-bond acceptors (Lipinski definition) is 2. The largest absolute Gasteiger partial charge is 0.396 e. The topological polar surface area (TPSA) is 23.5 Å². The van der Waals surface area contributed by atoms with Crippen LogP contribution in [0.2, 0.25) is 0 Å². The summed E-state index contributed by atoms with van der Waals surface area (Å²) in [6.45, 7) is 4.63. The summed E-state index contributed by atoms with van der Waals surface area (Å²) >= 11 is 3.51. The summed E-state index contributed by atoms with van der Waals surface area (Å²) in [4.78, 5) is 2.41. The molecule has 0 aliphatic rings. The van der Waals surface area contributed by atoms with Gasteiger partial charge in [0.2, 0.25) is 0 Å². The molecule has 17 heavy (non-hydrogen) atoms. The normalized spacial score (nSPS) is 10.5. The number of benzene rings is 1. The Labute approximate surface area is 113 Å². The molecule has 96 valence electrons. The van der Waals surface area contributed by atoms with E-state index in [2.05, 4.69) is 52.0 Å². The van der Waals surface area contributed by atoms with Gasteiger partial charge >= 0.3 is 0 Å². The minimum absolute atomic E-state index is 0.292. The third kappa shape index (κ3) is 5.55. The second-order valence-corrected chi connectivity index (χ2v) is 5.17. The second kappa shape index (κ2) is 8.54. The Bertz CT molecular complexity index is 317. The number of unbranched alkanes of at least 4 members (excludes halogenated alkanes) is 2. The van der Waals surface area contributed by atoms with Gasteiger partial charge in [-0.2, -0.15) is 0 Å². The molecule has 0 radical (unpaired) electrons. The minimum Gasteiger partial charge on any atom is -0.396 e. The SMILES string of the molecule is CCCCN(CCCCO)c1cccc(Br)c1. The van der Waals surface area contributed by atoms with E-state index in [9.17, 15) is 0 Å². The molecule has 0 unspecified atom stereocenters. The van der Waals surface area contributed by atoms with Crippen LogP contribution < -0.4 is 4.90 Å². The van der Waals surface area contributed by atoms with E-state index in [4.69, 9.17) is 5.11 Å². The van der Waals surface area contributed by atoms with Gasteiger partial charge in [-0.15, -0.1) is 0 Å². The first kappa shape index (κ1) is 14.5. The number of halogens is 1. The highest BCUT2D eigenvalue weighted by Gasteiger charge is 2.05. The van der Waals surface area contributed by atoms with Crippen molar-refractivity contribution in [1.29, 1.82) is 0 Å². The van der Waals surface area contributed by atoms with E-state index in [1.165, 1.54) is 18.5 Å². The van der Waals surface area contributed by atoms with Crippen molar-refractivity contribution in [2.24, 2.45) is 0 Å². The van der Waals surface area contributed by atoms with E-state index >= 15 is 0 Å². The first-order chi connectivity index (χ1) is 8.27. The molecule has 0 aromatic heterocycles. The molecule has 1 aromatic rings. The summed E-state index contributed by atoms with van der Waals surface area (Å²) < 4.78 is 1.12. The van der Waals surface area contributed by atoms with Crippen LogP contribution in [0.1, 0.15) is 32.6 Å². The standard InChI is InChI=1S/C14H22BrNO/c1-2-3-9-16(10-4-5-11-17)14-8-6-7-13(15)12-14/h6-8,12,17H,2-5,9-11H2,1H3. The van der Waals surface area contributed by atoms with Crippen LogP contribution in [0.5, 0.6) is 0 Å². The van der Waals surface area contributed by atoms with Crippen LogP contribution in [-0.4, -0.2) is 24.8 Å². The Balaban J connectivity index is 2.60. The lowest BCUT2D eigenvalue weighted by atomic mass is 10.2. The zero-order valence-electron chi connectivity index (χ0n) is 10.5. The summed E-state index contributed by atoms with van der Waals surface area (Å²) in [6.07, 6.45) is 4.36. The second-order valence-electron chi connectivity index (χ2n) is 4.25. The smallest absolute Gasteiger partial charge is 0.0431 e. The Hall–Kier alpha value is -0.540. The van der Waals surface area contributed by atoms with Crippen LogP contribution in [0.3, 0.4) is 0 Å². The van der Waals surface area contributed by atoms with Gasteiger partial charge in [0.1, 0.15) is 0 Å². The molecule has 0 aliphatic heterocycles. The van der Waals surface area contributed by atoms with Crippen molar-refractivity contribution in [2.75, 3.05) is 24.6 Å². The van der Waals surface area contributed by atoms with Crippen LogP contribution in [-0.2, 0) is 0 Å². The van der Waals surface area contributed by atoms with Gasteiger partial charge < -0.3 is 10.0 Å². The predicted molar refractivity (Wildman–Crippen MR) is 77.6 cm³/mol. The Morgan fingerprint density at radius 3 is 2.59 bits per heavy atom. The Morgan fingerprint density at radius 2 is 1.94 bits per heavy atom. The highest BCUT2D eigenvalue weighted by atomic mass is 79.9. The van der Waals surface area contributed by atoms with Crippen LogP contribution in [0.25, 0.3) is 0 Å². The van der Waals surface area contributed by atoms with Gasteiger partial charge in [-0.3, -0.25) is 0 Å². The Morgan fingerprint density at radius 1 is 1.18 bits per heavy atom. The number of hydrogen-bond donors (Lipinski definition) is 1. The average Bonchev–Trinajstić information content (AvgIpc) is 2.33. The van der Waals surface area contributed by atoms with E-state index in [-0.39, 0.29) is 0 Å². The highest BCUT2D eigenvalue weighted by Crippen LogP contribution is 2.20. The van der Waals surface area contributed by atoms with Gasteiger partial charge in [0.25, 0.3) is 0 Å². The Kier molecular flexibility index (Phi) is 7.29. The van der Waals surface area contributed by atoms with Crippen LogP contribution in [0.15, 0.2) is 28.7 Å². The van der Waals surface area contributed by atoms with Crippen molar-refractivity contribution in [3.05, 3.63) is 28.7 Å². The maximum atomic E-state index is 8.84. The number of aliphatic hydroxyl groups is 1. The minimum atomic E-state index is 0.292. The van der Waals surface area contributed by atoms with Crippen molar-refractivity contribution in [3.8, 4) is 0 Å². The van der Waals surface area contributed by atoms with Crippen LogP contribution >= 0.6 is 15.9 Å². The van der Waals surface area contributed by atoms with Gasteiger partial charge in [-0.25, -0.2) is 0 Å². The summed E-state index contributed by atoms with van der Waals surface area (Å²) in [6, 6.07) is 8.44. The van der Waals surface area contributed by atoms with Crippen molar-refractivity contribution in [1.82, 2.24) is 0 Å². The molecule has 0 heterocycles. The highest BCUT2D eigenvalue weighted by molar-refractivity contribution is 9.10. The predicted octanol–water partition coefficient (Wildman–Crippen LogP) is 3.83. The molecule has 0 atom stereocenters. The van der Waals surface area contributed by atoms with E-state index < -0.39 is 0 Å². The molecule has 3 heteroatoms. The lowest BCUT2D eigenvalue weighted by Gasteiger charge is -2.25. The summed E-state index contributed by atoms with van der Waals surface area (Å²) in [5.41, 5.74) is 1.27. The third-order valence-electron chi connectivity index (χ3n) is 2.79. The quantitative estimate of drug-likeness (QED) is 0.738. The molecule has 0 spiro atoms. The fourth-order valence-electron chi connectivity index (χ4n) is 1.81. The molecule has 0 saturated heterocycles. The summed E-state index contributed by atoms with van der Waals surface area (Å²) in [5.74, 6) is 0. The fourth-order valence-corrected chi connectivity index (χ4v) is 2.19. The van der Waals surface area contributed by atoms with Crippen molar-refractivity contribution in [2.45, 2.75) is 32.6 Å². The molecular weight excluding hydrogens is 278 g/mol. The number of rotatable bonds is 8. The van der Waals surface area contributed by atoms with Gasteiger partial charge in [0.05, 0.1) is 0 Å². The first-order valence-electron chi connectivity index (χ1n) is 6.39. The molecule has 1 N–H and O–H groups in total. The van der Waals surface area contributed by atoms with E-state index in [0.29, 0.717) is 6.61 Å². The molecule has 0 bridgehead atoms. The molecule has 0 aliphatic carbocycles. The fraction of sp³-hybridized carbons (Fsp3) is 0.571. The van der Waals surface area contributed by atoms with Crippen molar-refractivity contribution in [3.63, 3.8) is 0 Å².